The molecule has 4 rings (SSSR count). The van der Waals surface area contributed by atoms with Crippen LogP contribution in [0.5, 0.6) is 5.88 Å². The Labute approximate surface area is 135 Å². The highest BCUT2D eigenvalue weighted by Gasteiger charge is 2.34. The molecule has 1 aromatic carbocycles. The van der Waals surface area contributed by atoms with Crippen molar-refractivity contribution in [2.45, 2.75) is 32.0 Å². The van der Waals surface area contributed by atoms with Crippen LogP contribution in [0.15, 0.2) is 23.0 Å². The number of benzene rings is 1. The highest BCUT2D eigenvalue weighted by atomic mass is 19.2. The van der Waals surface area contributed by atoms with E-state index in [4.69, 9.17) is 4.74 Å². The monoisotopic (exact) mass is 337 g/mol. The van der Waals surface area contributed by atoms with Crippen molar-refractivity contribution in [1.82, 2.24) is 9.55 Å². The summed E-state index contributed by atoms with van der Waals surface area (Å²) in [5, 5.41) is 0. The molecule has 1 fully saturated rings. The summed E-state index contributed by atoms with van der Waals surface area (Å²) in [6, 6.07) is 3.14. The molecular weight excluding hydrogens is 323 g/mol. The summed E-state index contributed by atoms with van der Waals surface area (Å²) >= 11 is 0. The molecule has 126 valence electrons. The van der Waals surface area contributed by atoms with Crippen molar-refractivity contribution in [3.05, 3.63) is 51.7 Å². The average molecular weight is 337 g/mol. The Morgan fingerprint density at radius 1 is 1.17 bits per heavy atom. The van der Waals surface area contributed by atoms with E-state index in [1.54, 1.807) is 10.6 Å². The molecule has 0 N–H and O–H groups in total. The van der Waals surface area contributed by atoms with Crippen molar-refractivity contribution in [2.24, 2.45) is 0 Å². The molecule has 0 saturated carbocycles. The predicted molar refractivity (Wildman–Crippen MR) is 79.5 cm³/mol. The molecule has 0 spiro atoms. The van der Waals surface area contributed by atoms with Crippen molar-refractivity contribution in [3.8, 4) is 5.88 Å². The molecule has 0 radical (unpaired) electrons. The summed E-state index contributed by atoms with van der Waals surface area (Å²) in [6.45, 7) is 1.13. The fourth-order valence-corrected chi connectivity index (χ4v) is 3.32. The molecule has 0 amide bonds. The number of fused-ring (bicyclic) bond motifs is 3. The van der Waals surface area contributed by atoms with Gasteiger partial charge in [-0.25, -0.2) is 18.0 Å². The van der Waals surface area contributed by atoms with E-state index in [0.717, 1.165) is 31.3 Å². The van der Waals surface area contributed by atoms with Crippen molar-refractivity contribution in [3.63, 3.8) is 0 Å². The fourth-order valence-electron chi connectivity index (χ4n) is 3.32. The molecule has 3 heterocycles. The second kappa shape index (κ2) is 5.54. The normalized spacial score (nSPS) is 18.6. The second-order valence-corrected chi connectivity index (χ2v) is 5.98. The Balaban J connectivity index is 1.58. The first-order chi connectivity index (χ1) is 11.5. The highest BCUT2D eigenvalue weighted by Crippen LogP contribution is 2.33. The lowest BCUT2D eigenvalue weighted by Crippen LogP contribution is -2.24. The maximum Gasteiger partial charge on any atom is 0.352 e. The van der Waals surface area contributed by atoms with E-state index in [-0.39, 0.29) is 18.1 Å². The van der Waals surface area contributed by atoms with Crippen LogP contribution in [-0.4, -0.2) is 22.1 Å². The molecule has 24 heavy (non-hydrogen) atoms. The van der Waals surface area contributed by atoms with Crippen LogP contribution in [0.25, 0.3) is 0 Å². The topological polar surface area (TPSA) is 47.4 Å². The zero-order valence-corrected chi connectivity index (χ0v) is 12.6. The quantitative estimate of drug-likeness (QED) is 0.806. The summed E-state index contributed by atoms with van der Waals surface area (Å²) in [4.78, 5) is 18.1. The first-order valence-electron chi connectivity index (χ1n) is 7.67. The van der Waals surface area contributed by atoms with Gasteiger partial charge in [-0.2, -0.15) is 4.98 Å². The lowest BCUT2D eigenvalue weighted by molar-refractivity contribution is 0.284. The Kier molecular flexibility index (Phi) is 3.47. The number of hydrogen-bond donors (Lipinski definition) is 0. The molecule has 8 heteroatoms. The van der Waals surface area contributed by atoms with Crippen LogP contribution in [0.4, 0.5) is 19.0 Å². The first kappa shape index (κ1) is 15.0. The predicted octanol–water partition coefficient (Wildman–Crippen LogP) is 2.22. The third-order valence-corrected chi connectivity index (χ3v) is 4.50. The summed E-state index contributed by atoms with van der Waals surface area (Å²) in [5.41, 5.74) is -0.571. The number of aromatic nitrogens is 2. The van der Waals surface area contributed by atoms with Crippen LogP contribution in [0, 0.1) is 17.5 Å². The third-order valence-electron chi connectivity index (χ3n) is 4.50. The molecule has 1 unspecified atom stereocenters. The smallest absolute Gasteiger partial charge is 0.352 e. The van der Waals surface area contributed by atoms with Crippen LogP contribution in [-0.2, 0) is 13.2 Å². The van der Waals surface area contributed by atoms with Crippen LogP contribution in [0.3, 0.4) is 0 Å². The Morgan fingerprint density at radius 3 is 2.79 bits per heavy atom. The molecule has 0 aliphatic carbocycles. The van der Waals surface area contributed by atoms with Gasteiger partial charge in [0, 0.05) is 36.8 Å². The third kappa shape index (κ3) is 2.42. The minimum absolute atomic E-state index is 0.0444. The number of anilines is 1. The van der Waals surface area contributed by atoms with Crippen molar-refractivity contribution >= 4 is 5.82 Å². The molecule has 1 saturated heterocycles. The van der Waals surface area contributed by atoms with Gasteiger partial charge < -0.3 is 9.64 Å². The molecule has 2 aliphatic heterocycles. The zero-order chi connectivity index (χ0) is 16.8. The molecule has 0 bridgehead atoms. The molecule has 1 aromatic heterocycles. The average Bonchev–Trinajstić information content (AvgIpc) is 3.12. The van der Waals surface area contributed by atoms with E-state index in [1.165, 1.54) is 0 Å². The number of halogens is 3. The number of rotatable bonds is 3. The fraction of sp³-hybridized carbons (Fsp3) is 0.375. The summed E-state index contributed by atoms with van der Waals surface area (Å²) in [6.07, 6.45) is 2.09. The van der Waals surface area contributed by atoms with Crippen molar-refractivity contribution in [2.75, 3.05) is 11.4 Å². The van der Waals surface area contributed by atoms with E-state index >= 15 is 0 Å². The zero-order valence-electron chi connectivity index (χ0n) is 12.6. The summed E-state index contributed by atoms with van der Waals surface area (Å²) in [7, 11) is 0. The van der Waals surface area contributed by atoms with Crippen molar-refractivity contribution < 1.29 is 17.9 Å². The van der Waals surface area contributed by atoms with Gasteiger partial charge in [0.1, 0.15) is 18.2 Å². The molecule has 2 aliphatic rings. The van der Waals surface area contributed by atoms with Gasteiger partial charge in [0.25, 0.3) is 0 Å². The number of hydrogen-bond acceptors (Lipinski definition) is 4. The SMILES string of the molecule is O=c1nc(OCc2cc(F)c(F)cc2F)cc2n1CC1CCCN21. The molecule has 1 atom stereocenters. The summed E-state index contributed by atoms with van der Waals surface area (Å²) < 4.78 is 46.7. The minimum Gasteiger partial charge on any atom is -0.472 e. The number of nitrogens with zero attached hydrogens (tertiary/aromatic N) is 3. The largest absolute Gasteiger partial charge is 0.472 e. The lowest BCUT2D eigenvalue weighted by atomic mass is 10.2. The highest BCUT2D eigenvalue weighted by molar-refractivity contribution is 5.48. The lowest BCUT2D eigenvalue weighted by Gasteiger charge is -2.17. The van der Waals surface area contributed by atoms with E-state index in [9.17, 15) is 18.0 Å². The Morgan fingerprint density at radius 2 is 1.96 bits per heavy atom. The maximum absolute atomic E-state index is 13.6. The molecule has 2 aromatic rings. The second-order valence-electron chi connectivity index (χ2n) is 5.98. The van der Waals surface area contributed by atoms with Gasteiger partial charge >= 0.3 is 5.69 Å². The van der Waals surface area contributed by atoms with Gasteiger partial charge in [-0.05, 0) is 18.9 Å². The van der Waals surface area contributed by atoms with Crippen LogP contribution in [0.1, 0.15) is 18.4 Å². The van der Waals surface area contributed by atoms with Gasteiger partial charge in [-0.15, -0.1) is 0 Å². The Bertz CT molecular complexity index is 868. The van der Waals surface area contributed by atoms with Gasteiger partial charge in [-0.1, -0.05) is 0 Å². The van der Waals surface area contributed by atoms with E-state index < -0.39 is 23.1 Å². The molecular formula is C16H14F3N3O2. The Hall–Kier alpha value is -2.51. The van der Waals surface area contributed by atoms with Crippen molar-refractivity contribution in [1.29, 1.82) is 0 Å². The minimum atomic E-state index is -1.26. The van der Waals surface area contributed by atoms with Gasteiger partial charge in [0.05, 0.1) is 0 Å². The first-order valence-corrected chi connectivity index (χ1v) is 7.67. The van der Waals surface area contributed by atoms with Gasteiger partial charge in [-0.3, -0.25) is 4.57 Å². The van der Waals surface area contributed by atoms with Crippen LogP contribution >= 0.6 is 0 Å². The van der Waals surface area contributed by atoms with Crippen LogP contribution < -0.4 is 15.3 Å². The number of ether oxygens (including phenoxy) is 1. The van der Waals surface area contributed by atoms with E-state index in [0.29, 0.717) is 18.7 Å². The van der Waals surface area contributed by atoms with Gasteiger partial charge in [0.2, 0.25) is 5.88 Å². The van der Waals surface area contributed by atoms with E-state index in [2.05, 4.69) is 9.88 Å². The van der Waals surface area contributed by atoms with E-state index in [1.807, 2.05) is 0 Å². The molecule has 5 nitrogen and oxygen atoms in total. The van der Waals surface area contributed by atoms with Crippen LogP contribution in [0.2, 0.25) is 0 Å². The standard InChI is InChI=1S/C16H14F3N3O2/c17-11-5-13(19)12(18)4-9(11)8-24-14-6-15-21-3-1-2-10(21)7-22(15)16(23)20-14/h4-6,10H,1-3,7-8H2. The summed E-state index contributed by atoms with van der Waals surface area (Å²) in [5.74, 6) is -2.55. The maximum atomic E-state index is 13.6. The van der Waals surface area contributed by atoms with Gasteiger partial charge in [0.15, 0.2) is 11.6 Å².